The van der Waals surface area contributed by atoms with Gasteiger partial charge in [-0.15, -0.1) is 11.8 Å². The number of thioether (sulfide) groups is 1. The quantitative estimate of drug-likeness (QED) is 0.145. The highest BCUT2D eigenvalue weighted by Gasteiger charge is 2.40. The molecule has 228 valence electrons. The van der Waals surface area contributed by atoms with Gasteiger partial charge in [-0.3, -0.25) is 5.21 Å². The second-order valence-corrected chi connectivity index (χ2v) is 14.7. The normalized spacial score (nSPS) is 20.3. The molecule has 0 saturated heterocycles. The minimum absolute atomic E-state index is 0.0128. The second kappa shape index (κ2) is 12.7. The molecule has 43 heavy (non-hydrogen) atoms. The first kappa shape index (κ1) is 30.3. The van der Waals surface area contributed by atoms with Crippen LogP contribution in [0.3, 0.4) is 0 Å². The Morgan fingerprint density at radius 1 is 1.09 bits per heavy atom. The molecule has 0 radical (unpaired) electrons. The van der Waals surface area contributed by atoms with Crippen LogP contribution in [0.25, 0.3) is 5.57 Å². The maximum Gasteiger partial charge on any atom is 0.229 e. The lowest BCUT2D eigenvalue weighted by Crippen LogP contribution is -2.43. The molecular weight excluding hydrogens is 578 g/mol. The zero-order valence-electron chi connectivity index (χ0n) is 25.6. The summed E-state index contributed by atoms with van der Waals surface area (Å²) < 4.78 is 6.35. The molecule has 6 rings (SSSR count). The first-order valence-corrected chi connectivity index (χ1v) is 16.7. The third-order valence-corrected chi connectivity index (χ3v) is 9.55. The Bertz CT molecular complexity index is 1500. The van der Waals surface area contributed by atoms with Gasteiger partial charge in [-0.05, 0) is 106 Å². The van der Waals surface area contributed by atoms with Gasteiger partial charge in [0.05, 0.1) is 23.7 Å². The molecule has 2 unspecified atom stereocenters. The van der Waals surface area contributed by atoms with Gasteiger partial charge in [0.15, 0.2) is 5.82 Å². The minimum atomic E-state index is -0.0128. The molecule has 7 nitrogen and oxygen atoms in total. The molecule has 9 heteroatoms. The molecule has 0 spiro atoms. The van der Waals surface area contributed by atoms with Crippen molar-refractivity contribution >= 4 is 52.1 Å². The molecular formula is C34H42ClN5O2S. The lowest BCUT2D eigenvalue weighted by molar-refractivity contribution is 0.243. The maximum absolute atomic E-state index is 11.3. The third kappa shape index (κ3) is 7.14. The van der Waals surface area contributed by atoms with E-state index in [1.807, 2.05) is 38.1 Å². The Hall–Kier alpha value is -2.78. The molecule has 3 N–H and O–H groups in total. The van der Waals surface area contributed by atoms with E-state index in [1.54, 1.807) is 11.8 Å². The number of halogens is 1. The van der Waals surface area contributed by atoms with Crippen LogP contribution in [0.4, 0.5) is 23.1 Å². The standard InChI is InChI=1S/C34H42ClN5O2S/c1-19(2)42-31-17-25(24-15-27(22-10-11-22)37-28(16-24)23-12-13-23)21(5)14-29(31)38-34-36-18-26(35)33(39-34)40(41)30-8-6-7-9-32(30)43-20(3)4/h6-9,14-15,17-20,22-23,27-28,37,41H,10-13,16H2,1-5H3,(H,36,38,39). The lowest BCUT2D eigenvalue weighted by atomic mass is 9.87. The predicted octanol–water partition coefficient (Wildman–Crippen LogP) is 8.93. The molecule has 2 saturated carbocycles. The Kier molecular flexibility index (Phi) is 8.92. The fraction of sp³-hybridized carbons (Fsp3) is 0.471. The Morgan fingerprint density at radius 3 is 2.53 bits per heavy atom. The van der Waals surface area contributed by atoms with Gasteiger partial charge in [0.25, 0.3) is 0 Å². The van der Waals surface area contributed by atoms with E-state index in [0.717, 1.165) is 39.7 Å². The van der Waals surface area contributed by atoms with E-state index in [9.17, 15) is 5.21 Å². The van der Waals surface area contributed by atoms with Crippen LogP contribution in [0.15, 0.2) is 53.6 Å². The Labute approximate surface area is 264 Å². The molecule has 2 aromatic carbocycles. The average Bonchev–Trinajstić information content (AvgIpc) is 3.88. The number of benzene rings is 2. The van der Waals surface area contributed by atoms with Crippen molar-refractivity contribution in [2.24, 2.45) is 11.8 Å². The number of aryl methyl sites for hydroxylation is 1. The summed E-state index contributed by atoms with van der Waals surface area (Å²) in [6.07, 6.45) is 10.3. The van der Waals surface area contributed by atoms with Gasteiger partial charge < -0.3 is 15.4 Å². The van der Waals surface area contributed by atoms with Gasteiger partial charge in [0.1, 0.15) is 10.8 Å². The van der Waals surface area contributed by atoms with Crippen LogP contribution >= 0.6 is 23.4 Å². The molecule has 1 aliphatic heterocycles. The number of aromatic nitrogens is 2. The smallest absolute Gasteiger partial charge is 0.229 e. The number of anilines is 4. The number of hydrogen-bond acceptors (Lipinski definition) is 8. The van der Waals surface area contributed by atoms with Gasteiger partial charge in [-0.2, -0.15) is 4.98 Å². The molecule has 2 fully saturated rings. The van der Waals surface area contributed by atoms with E-state index >= 15 is 0 Å². The van der Waals surface area contributed by atoms with E-state index in [2.05, 4.69) is 59.6 Å². The average molecular weight is 620 g/mol. The largest absolute Gasteiger partial charge is 0.489 e. The summed E-state index contributed by atoms with van der Waals surface area (Å²) in [4.78, 5) is 10.0. The number of nitrogens with one attached hydrogen (secondary N) is 2. The second-order valence-electron chi connectivity index (χ2n) is 12.6. The van der Waals surface area contributed by atoms with Crippen molar-refractivity contribution in [3.63, 3.8) is 0 Å². The highest BCUT2D eigenvalue weighted by Crippen LogP contribution is 2.45. The van der Waals surface area contributed by atoms with Crippen molar-refractivity contribution in [1.29, 1.82) is 0 Å². The van der Waals surface area contributed by atoms with E-state index in [-0.39, 0.29) is 16.9 Å². The highest BCUT2D eigenvalue weighted by molar-refractivity contribution is 8.00. The fourth-order valence-electron chi connectivity index (χ4n) is 5.87. The topological polar surface area (TPSA) is 82.5 Å². The van der Waals surface area contributed by atoms with Gasteiger partial charge >= 0.3 is 0 Å². The van der Waals surface area contributed by atoms with Crippen LogP contribution in [-0.2, 0) is 0 Å². The van der Waals surface area contributed by atoms with Crippen LogP contribution in [0.2, 0.25) is 5.02 Å². The molecule has 2 aliphatic carbocycles. The van der Waals surface area contributed by atoms with Gasteiger partial charge in [-0.1, -0.05) is 43.7 Å². The first-order valence-electron chi connectivity index (χ1n) is 15.5. The number of hydrogen-bond donors (Lipinski definition) is 3. The molecule has 2 atom stereocenters. The minimum Gasteiger partial charge on any atom is -0.489 e. The summed E-state index contributed by atoms with van der Waals surface area (Å²) in [6, 6.07) is 13.0. The van der Waals surface area contributed by atoms with Crippen molar-refractivity contribution in [1.82, 2.24) is 15.3 Å². The zero-order valence-corrected chi connectivity index (χ0v) is 27.2. The molecule has 2 heterocycles. The molecule has 1 aromatic heterocycles. The summed E-state index contributed by atoms with van der Waals surface area (Å²) in [5, 5.41) is 20.2. The Morgan fingerprint density at radius 2 is 1.84 bits per heavy atom. The fourth-order valence-corrected chi connectivity index (χ4v) is 6.99. The summed E-state index contributed by atoms with van der Waals surface area (Å²) in [5.74, 6) is 2.84. The van der Waals surface area contributed by atoms with Gasteiger partial charge in [-0.25, -0.2) is 10.0 Å². The van der Waals surface area contributed by atoms with Crippen LogP contribution in [0.5, 0.6) is 5.75 Å². The molecule has 0 bridgehead atoms. The van der Waals surface area contributed by atoms with Crippen LogP contribution < -0.4 is 20.4 Å². The molecule has 0 amide bonds. The van der Waals surface area contributed by atoms with Crippen molar-refractivity contribution in [3.05, 3.63) is 64.8 Å². The molecule has 3 aliphatic rings. The lowest BCUT2D eigenvalue weighted by Gasteiger charge is -2.32. The van der Waals surface area contributed by atoms with Crippen molar-refractivity contribution < 1.29 is 9.94 Å². The summed E-state index contributed by atoms with van der Waals surface area (Å²) in [7, 11) is 0. The summed E-state index contributed by atoms with van der Waals surface area (Å²) in [5.41, 5.74) is 5.23. The van der Waals surface area contributed by atoms with E-state index in [0.29, 0.717) is 29.0 Å². The monoisotopic (exact) mass is 619 g/mol. The van der Waals surface area contributed by atoms with Crippen molar-refractivity contribution in [3.8, 4) is 5.75 Å². The summed E-state index contributed by atoms with van der Waals surface area (Å²) in [6.45, 7) is 10.5. The van der Waals surface area contributed by atoms with Gasteiger partial charge in [0.2, 0.25) is 5.95 Å². The number of rotatable bonds is 11. The van der Waals surface area contributed by atoms with Crippen molar-refractivity contribution in [2.45, 2.75) is 95.1 Å². The number of para-hydroxylation sites is 1. The van der Waals surface area contributed by atoms with Crippen LogP contribution in [0.1, 0.15) is 70.9 Å². The van der Waals surface area contributed by atoms with Crippen molar-refractivity contribution in [2.75, 3.05) is 10.4 Å². The maximum atomic E-state index is 11.3. The number of nitrogens with zero attached hydrogens (tertiary/aromatic N) is 3. The van der Waals surface area contributed by atoms with E-state index in [4.69, 9.17) is 16.3 Å². The number of ether oxygens (including phenoxy) is 1. The van der Waals surface area contributed by atoms with Crippen LogP contribution in [0, 0.1) is 18.8 Å². The highest BCUT2D eigenvalue weighted by atomic mass is 35.5. The van der Waals surface area contributed by atoms with E-state index in [1.165, 1.54) is 48.6 Å². The van der Waals surface area contributed by atoms with Gasteiger partial charge in [0, 0.05) is 22.2 Å². The predicted molar refractivity (Wildman–Crippen MR) is 177 cm³/mol. The zero-order chi connectivity index (χ0) is 30.2. The van der Waals surface area contributed by atoms with E-state index < -0.39 is 0 Å². The SMILES string of the molecule is Cc1cc(Nc2ncc(Cl)c(N(O)c3ccccc3SC(C)C)n2)c(OC(C)C)cc1C1=CC(C2CC2)NC(C2CC2)C1. The Balaban J connectivity index is 1.31. The van der Waals surface area contributed by atoms with Crippen LogP contribution in [-0.4, -0.2) is 38.6 Å². The third-order valence-electron chi connectivity index (χ3n) is 8.21. The first-order chi connectivity index (χ1) is 20.7. The summed E-state index contributed by atoms with van der Waals surface area (Å²) >= 11 is 8.18. The molecule has 3 aromatic rings.